The molecule has 0 aromatic heterocycles. The van der Waals surface area contributed by atoms with Crippen LogP contribution in [0, 0.1) is 0 Å². The van der Waals surface area contributed by atoms with Crippen LogP contribution in [-0.4, -0.2) is 29.9 Å². The van der Waals surface area contributed by atoms with Gasteiger partial charge in [-0.05, 0) is 47.4 Å². The van der Waals surface area contributed by atoms with Crippen LogP contribution in [0.2, 0.25) is 0 Å². The first-order chi connectivity index (χ1) is 9.67. The number of thioether (sulfide) groups is 1. The second kappa shape index (κ2) is 7.45. The van der Waals surface area contributed by atoms with Gasteiger partial charge in [0.1, 0.15) is 6.04 Å². The van der Waals surface area contributed by atoms with E-state index < -0.39 is 0 Å². The van der Waals surface area contributed by atoms with Crippen molar-refractivity contribution in [3.05, 3.63) is 22.2 Å². The monoisotopic (exact) mass is 358 g/mol. The van der Waals surface area contributed by atoms with Crippen molar-refractivity contribution in [1.82, 2.24) is 5.32 Å². The number of rotatable bonds is 7. The standard InChI is InChI=1S/C14H19BrN2O2S/c1-2-4-16-13-9-7-10(15)12(20-6-3-5-18)8-11(9)17-14(13)19/h7-8,13,16,18H,2-6H2,1H3,(H,17,19). The summed E-state index contributed by atoms with van der Waals surface area (Å²) in [6.45, 7) is 3.11. The van der Waals surface area contributed by atoms with Crippen molar-refractivity contribution in [2.24, 2.45) is 0 Å². The topological polar surface area (TPSA) is 61.4 Å². The molecule has 1 aromatic rings. The number of nitrogens with one attached hydrogen (secondary N) is 2. The molecule has 20 heavy (non-hydrogen) atoms. The Morgan fingerprint density at radius 3 is 3.00 bits per heavy atom. The van der Waals surface area contributed by atoms with Gasteiger partial charge in [-0.2, -0.15) is 0 Å². The molecule has 0 saturated heterocycles. The average Bonchev–Trinajstić information content (AvgIpc) is 2.72. The number of carbonyl (C=O) groups excluding carboxylic acids is 1. The molecule has 110 valence electrons. The van der Waals surface area contributed by atoms with Crippen LogP contribution in [0.1, 0.15) is 31.4 Å². The summed E-state index contributed by atoms with van der Waals surface area (Å²) in [6, 6.07) is 3.77. The number of carbonyl (C=O) groups is 1. The predicted octanol–water partition coefficient (Wildman–Crippen LogP) is 2.92. The number of anilines is 1. The fourth-order valence-corrected chi connectivity index (χ4v) is 3.71. The van der Waals surface area contributed by atoms with E-state index in [1.807, 2.05) is 12.1 Å². The van der Waals surface area contributed by atoms with E-state index in [-0.39, 0.29) is 18.6 Å². The SMILES string of the molecule is CCCNC1C(=O)Nc2cc(SCCCO)c(Br)cc21. The molecule has 1 unspecified atom stereocenters. The number of hydrogen-bond donors (Lipinski definition) is 3. The third-order valence-corrected chi connectivity index (χ3v) is 5.15. The molecule has 1 aliphatic rings. The zero-order valence-corrected chi connectivity index (χ0v) is 13.8. The minimum Gasteiger partial charge on any atom is -0.396 e. The lowest BCUT2D eigenvalue weighted by molar-refractivity contribution is -0.117. The highest BCUT2D eigenvalue weighted by Gasteiger charge is 2.30. The van der Waals surface area contributed by atoms with Crippen molar-refractivity contribution < 1.29 is 9.90 Å². The third-order valence-electron chi connectivity index (χ3n) is 3.09. The predicted molar refractivity (Wildman–Crippen MR) is 86.2 cm³/mol. The van der Waals surface area contributed by atoms with Gasteiger partial charge >= 0.3 is 0 Å². The third kappa shape index (κ3) is 3.55. The highest BCUT2D eigenvalue weighted by Crippen LogP contribution is 2.39. The molecule has 6 heteroatoms. The molecule has 1 aromatic carbocycles. The van der Waals surface area contributed by atoms with Crippen LogP contribution in [0.25, 0.3) is 0 Å². The van der Waals surface area contributed by atoms with Gasteiger partial charge in [-0.3, -0.25) is 4.79 Å². The van der Waals surface area contributed by atoms with Crippen molar-refractivity contribution in [3.63, 3.8) is 0 Å². The fourth-order valence-electron chi connectivity index (χ4n) is 2.11. The van der Waals surface area contributed by atoms with E-state index in [2.05, 4.69) is 33.5 Å². The summed E-state index contributed by atoms with van der Waals surface area (Å²) >= 11 is 5.25. The molecule has 0 bridgehead atoms. The summed E-state index contributed by atoms with van der Waals surface area (Å²) in [4.78, 5) is 13.1. The van der Waals surface area contributed by atoms with Crippen LogP contribution < -0.4 is 10.6 Å². The molecule has 0 radical (unpaired) electrons. The zero-order chi connectivity index (χ0) is 14.5. The molecule has 0 saturated carbocycles. The highest BCUT2D eigenvalue weighted by atomic mass is 79.9. The van der Waals surface area contributed by atoms with E-state index in [1.54, 1.807) is 11.8 Å². The lowest BCUT2D eigenvalue weighted by atomic mass is 10.1. The van der Waals surface area contributed by atoms with Crippen LogP contribution in [0.5, 0.6) is 0 Å². The van der Waals surface area contributed by atoms with Crippen molar-refractivity contribution in [2.75, 3.05) is 24.2 Å². The van der Waals surface area contributed by atoms with Gasteiger partial charge in [-0.15, -0.1) is 11.8 Å². The molecule has 1 heterocycles. The molecular weight excluding hydrogens is 340 g/mol. The molecular formula is C14H19BrN2O2S. The van der Waals surface area contributed by atoms with Crippen LogP contribution >= 0.6 is 27.7 Å². The lowest BCUT2D eigenvalue weighted by Gasteiger charge is -2.12. The maximum atomic E-state index is 12.0. The Hall–Kier alpha value is -0.560. The number of amides is 1. The smallest absolute Gasteiger partial charge is 0.246 e. The molecule has 3 N–H and O–H groups in total. The molecule has 2 rings (SSSR count). The molecule has 1 aliphatic heterocycles. The number of fused-ring (bicyclic) bond motifs is 1. The first-order valence-electron chi connectivity index (χ1n) is 6.78. The second-order valence-corrected chi connectivity index (χ2v) is 6.66. The summed E-state index contributed by atoms with van der Waals surface area (Å²) in [7, 11) is 0. The quantitative estimate of drug-likeness (QED) is 0.518. The van der Waals surface area contributed by atoms with E-state index in [0.717, 1.165) is 45.8 Å². The Morgan fingerprint density at radius 2 is 2.30 bits per heavy atom. The molecule has 4 nitrogen and oxygen atoms in total. The van der Waals surface area contributed by atoms with Gasteiger partial charge in [0.05, 0.1) is 0 Å². The van der Waals surface area contributed by atoms with Gasteiger partial charge in [0, 0.05) is 33.0 Å². The van der Waals surface area contributed by atoms with Crippen molar-refractivity contribution in [3.8, 4) is 0 Å². The van der Waals surface area contributed by atoms with Crippen LogP contribution in [0.4, 0.5) is 5.69 Å². The first-order valence-corrected chi connectivity index (χ1v) is 8.56. The number of aliphatic hydroxyl groups excluding tert-OH is 1. The minimum absolute atomic E-state index is 0.0119. The Bertz CT molecular complexity index is 496. The van der Waals surface area contributed by atoms with E-state index >= 15 is 0 Å². The number of aliphatic hydroxyl groups is 1. The Morgan fingerprint density at radius 1 is 1.50 bits per heavy atom. The summed E-state index contributed by atoms with van der Waals surface area (Å²) in [5, 5.41) is 15.0. The van der Waals surface area contributed by atoms with Crippen molar-refractivity contribution >= 4 is 39.3 Å². The van der Waals surface area contributed by atoms with Crippen LogP contribution in [0.15, 0.2) is 21.5 Å². The lowest BCUT2D eigenvalue weighted by Crippen LogP contribution is -2.27. The summed E-state index contributed by atoms with van der Waals surface area (Å²) in [5.41, 5.74) is 1.89. The normalized spacial score (nSPS) is 17.1. The number of hydrogen-bond acceptors (Lipinski definition) is 4. The van der Waals surface area contributed by atoms with Gasteiger partial charge in [-0.25, -0.2) is 0 Å². The first kappa shape index (κ1) is 15.8. The van der Waals surface area contributed by atoms with E-state index in [1.165, 1.54) is 0 Å². The van der Waals surface area contributed by atoms with E-state index in [4.69, 9.17) is 5.11 Å². The maximum absolute atomic E-state index is 12.0. The van der Waals surface area contributed by atoms with Gasteiger partial charge in [-0.1, -0.05) is 6.92 Å². The zero-order valence-electron chi connectivity index (χ0n) is 11.4. The Labute approximate surface area is 131 Å². The van der Waals surface area contributed by atoms with E-state index in [9.17, 15) is 4.79 Å². The largest absolute Gasteiger partial charge is 0.396 e. The number of halogens is 1. The second-order valence-electron chi connectivity index (χ2n) is 4.67. The van der Waals surface area contributed by atoms with Crippen molar-refractivity contribution in [1.29, 1.82) is 0 Å². The molecule has 1 atom stereocenters. The summed E-state index contributed by atoms with van der Waals surface area (Å²) in [5.74, 6) is 0.872. The van der Waals surface area contributed by atoms with E-state index in [0.29, 0.717) is 0 Å². The minimum atomic E-state index is -0.252. The van der Waals surface area contributed by atoms with Gasteiger partial charge in [0.25, 0.3) is 0 Å². The summed E-state index contributed by atoms with van der Waals surface area (Å²) < 4.78 is 0.999. The average molecular weight is 359 g/mol. The number of benzene rings is 1. The van der Waals surface area contributed by atoms with Crippen LogP contribution in [-0.2, 0) is 4.79 Å². The highest BCUT2D eigenvalue weighted by molar-refractivity contribution is 9.10. The van der Waals surface area contributed by atoms with Gasteiger partial charge < -0.3 is 15.7 Å². The summed E-state index contributed by atoms with van der Waals surface area (Å²) in [6.07, 6.45) is 1.76. The van der Waals surface area contributed by atoms with Gasteiger partial charge in [0.15, 0.2) is 0 Å². The molecule has 1 amide bonds. The Balaban J connectivity index is 2.16. The maximum Gasteiger partial charge on any atom is 0.246 e. The van der Waals surface area contributed by atoms with Gasteiger partial charge in [0.2, 0.25) is 5.91 Å². The molecule has 0 fully saturated rings. The fraction of sp³-hybridized carbons (Fsp3) is 0.500. The Kier molecular flexibility index (Phi) is 5.89. The van der Waals surface area contributed by atoms with Crippen LogP contribution in [0.3, 0.4) is 0 Å². The molecule has 0 spiro atoms. The van der Waals surface area contributed by atoms with Crippen molar-refractivity contribution in [2.45, 2.75) is 30.7 Å². The molecule has 0 aliphatic carbocycles.